The van der Waals surface area contributed by atoms with Gasteiger partial charge in [-0.05, 0) is 17.7 Å². The van der Waals surface area contributed by atoms with E-state index in [4.69, 9.17) is 5.26 Å². The van der Waals surface area contributed by atoms with E-state index in [9.17, 15) is 16.8 Å². The van der Waals surface area contributed by atoms with Crippen molar-refractivity contribution in [3.05, 3.63) is 36.4 Å². The van der Waals surface area contributed by atoms with Gasteiger partial charge in [0.1, 0.15) is 0 Å². The Morgan fingerprint density at radius 1 is 1.22 bits per heavy atom. The summed E-state index contributed by atoms with van der Waals surface area (Å²) in [5.74, 6) is 0. The fourth-order valence-electron chi connectivity index (χ4n) is 1.31. The van der Waals surface area contributed by atoms with E-state index in [1.54, 1.807) is 0 Å². The van der Waals surface area contributed by atoms with E-state index in [2.05, 4.69) is 6.58 Å². The molecule has 7 heteroatoms. The molecule has 0 aliphatic heterocycles. The summed E-state index contributed by atoms with van der Waals surface area (Å²) in [6, 6.07) is 6.78. The van der Waals surface area contributed by atoms with E-state index in [0.29, 0.717) is 5.56 Å². The predicted octanol–water partition coefficient (Wildman–Crippen LogP) is 0.998. The third-order valence-electron chi connectivity index (χ3n) is 2.22. The third-order valence-corrected chi connectivity index (χ3v) is 6.51. The second kappa shape index (κ2) is 4.92. The second-order valence-electron chi connectivity index (χ2n) is 3.61. The lowest BCUT2D eigenvalue weighted by Crippen LogP contribution is -2.28. The molecule has 0 fully saturated rings. The van der Waals surface area contributed by atoms with Crippen molar-refractivity contribution in [3.63, 3.8) is 0 Å². The summed E-state index contributed by atoms with van der Waals surface area (Å²) in [5.41, 5.74) is 0.696. The first-order valence-corrected chi connectivity index (χ1v) is 8.28. The first kappa shape index (κ1) is 14.4. The van der Waals surface area contributed by atoms with Gasteiger partial charge >= 0.3 is 0 Å². The van der Waals surface area contributed by atoms with Gasteiger partial charge in [0, 0.05) is 6.26 Å². The Hall–Kier alpha value is -1.65. The number of nitrogens with zero attached hydrogens (tertiary/aromatic N) is 1. The number of nitriles is 1. The topological polar surface area (TPSA) is 92.1 Å². The van der Waals surface area contributed by atoms with E-state index < -0.39 is 24.3 Å². The molecule has 1 unspecified atom stereocenters. The van der Waals surface area contributed by atoms with Crippen LogP contribution in [-0.4, -0.2) is 27.7 Å². The monoisotopic (exact) mass is 285 g/mol. The van der Waals surface area contributed by atoms with Crippen molar-refractivity contribution in [2.24, 2.45) is 0 Å². The summed E-state index contributed by atoms with van der Waals surface area (Å²) in [7, 11) is -8.22. The van der Waals surface area contributed by atoms with Crippen LogP contribution in [0.5, 0.6) is 0 Å². The highest BCUT2D eigenvalue weighted by molar-refractivity contribution is 8.09. The van der Waals surface area contributed by atoms with Gasteiger partial charge in [0.05, 0.1) is 11.0 Å². The molecular weight excluding hydrogens is 274 g/mol. The Kier molecular flexibility index (Phi) is 3.94. The highest BCUT2D eigenvalue weighted by Crippen LogP contribution is 2.20. The van der Waals surface area contributed by atoms with Crippen LogP contribution in [0.25, 0.3) is 6.08 Å². The third kappa shape index (κ3) is 2.78. The molecule has 1 aromatic rings. The van der Waals surface area contributed by atoms with Crippen LogP contribution in [0.4, 0.5) is 0 Å². The first-order chi connectivity index (χ1) is 8.23. The molecule has 1 atom stereocenters. The summed E-state index contributed by atoms with van der Waals surface area (Å²) < 4.78 is 44.5. The van der Waals surface area contributed by atoms with Gasteiger partial charge in [0.2, 0.25) is 9.84 Å². The van der Waals surface area contributed by atoms with Gasteiger partial charge < -0.3 is 0 Å². The molecule has 0 radical (unpaired) electrons. The summed E-state index contributed by atoms with van der Waals surface area (Å²) in [4.78, 5) is -0.204. The number of sulfone groups is 2. The molecule has 1 aromatic carbocycles. The smallest absolute Gasteiger partial charge is 0.227 e. The molecule has 0 bridgehead atoms. The van der Waals surface area contributed by atoms with Gasteiger partial charge in [0.15, 0.2) is 9.84 Å². The molecule has 0 heterocycles. The Balaban J connectivity index is 3.38. The van der Waals surface area contributed by atoms with Crippen LogP contribution in [0.3, 0.4) is 0 Å². The molecule has 0 aliphatic carbocycles. The molecule has 0 aromatic heterocycles. The predicted molar refractivity (Wildman–Crippen MR) is 68.0 cm³/mol. The molecule has 0 amide bonds. The fourth-order valence-corrected chi connectivity index (χ4v) is 4.58. The van der Waals surface area contributed by atoms with E-state index in [1.807, 2.05) is 0 Å². The molecule has 96 valence electrons. The van der Waals surface area contributed by atoms with E-state index in [-0.39, 0.29) is 4.90 Å². The molecule has 0 spiro atoms. The van der Waals surface area contributed by atoms with Gasteiger partial charge in [-0.2, -0.15) is 5.26 Å². The maximum atomic E-state index is 12.0. The molecule has 0 saturated heterocycles. The van der Waals surface area contributed by atoms with E-state index in [0.717, 1.165) is 6.26 Å². The Bertz CT molecular complexity index is 694. The lowest BCUT2D eigenvalue weighted by atomic mass is 10.2. The van der Waals surface area contributed by atoms with Crippen LogP contribution >= 0.6 is 0 Å². The van der Waals surface area contributed by atoms with Crippen LogP contribution in [0.15, 0.2) is 35.7 Å². The minimum atomic E-state index is -4.22. The SMILES string of the molecule is C=Cc1ccc(S(=O)(=O)C(C#N)S(C)(=O)=O)cc1. The minimum Gasteiger partial charge on any atom is -0.227 e. The average Bonchev–Trinajstić information content (AvgIpc) is 2.27. The quantitative estimate of drug-likeness (QED) is 0.822. The Morgan fingerprint density at radius 3 is 2.06 bits per heavy atom. The average molecular weight is 285 g/mol. The van der Waals surface area contributed by atoms with Crippen molar-refractivity contribution in [1.29, 1.82) is 5.26 Å². The summed E-state index contributed by atoms with van der Waals surface area (Å²) in [6.07, 6.45) is 2.24. The highest BCUT2D eigenvalue weighted by atomic mass is 32.3. The standard InChI is InChI=1S/C11H11NO4S2/c1-3-9-4-6-10(7-5-9)18(15,16)11(8-12)17(2,13)14/h3-7,11H,1H2,2H3. The number of hydrogen-bond donors (Lipinski definition) is 0. The summed E-state index contributed by atoms with van der Waals surface area (Å²) in [6.45, 7) is 3.52. The van der Waals surface area contributed by atoms with Crippen molar-refractivity contribution in [3.8, 4) is 6.07 Å². The molecule has 1 rings (SSSR count). The normalized spacial score (nSPS) is 13.6. The Morgan fingerprint density at radius 2 is 1.72 bits per heavy atom. The van der Waals surface area contributed by atoms with Gasteiger partial charge in [0.25, 0.3) is 4.58 Å². The van der Waals surface area contributed by atoms with E-state index in [1.165, 1.54) is 36.4 Å². The van der Waals surface area contributed by atoms with Crippen LogP contribution in [0.2, 0.25) is 0 Å². The fraction of sp³-hybridized carbons (Fsp3) is 0.182. The zero-order valence-corrected chi connectivity index (χ0v) is 11.2. The van der Waals surface area contributed by atoms with Gasteiger partial charge in [-0.15, -0.1) is 0 Å². The first-order valence-electron chi connectivity index (χ1n) is 4.78. The molecule has 0 aliphatic rings. The molecule has 0 saturated carbocycles. The van der Waals surface area contributed by atoms with Crippen molar-refractivity contribution in [2.45, 2.75) is 9.48 Å². The van der Waals surface area contributed by atoms with Crippen molar-refractivity contribution in [2.75, 3.05) is 6.26 Å². The molecular formula is C11H11NO4S2. The second-order valence-corrected chi connectivity index (χ2v) is 8.07. The number of benzene rings is 1. The molecule has 0 N–H and O–H groups in total. The van der Waals surface area contributed by atoms with Crippen LogP contribution in [0, 0.1) is 11.3 Å². The lowest BCUT2D eigenvalue weighted by Gasteiger charge is -2.09. The summed E-state index contributed by atoms with van der Waals surface area (Å²) in [5, 5.41) is 8.73. The maximum Gasteiger partial charge on any atom is 0.252 e. The summed E-state index contributed by atoms with van der Waals surface area (Å²) >= 11 is 0. The van der Waals surface area contributed by atoms with Gasteiger partial charge in [-0.3, -0.25) is 0 Å². The molecule has 5 nitrogen and oxygen atoms in total. The molecule has 18 heavy (non-hydrogen) atoms. The van der Waals surface area contributed by atoms with Crippen molar-refractivity contribution >= 4 is 25.8 Å². The lowest BCUT2D eigenvalue weighted by molar-refractivity contribution is 0.585. The minimum absolute atomic E-state index is 0.204. The zero-order chi connectivity index (χ0) is 14.0. The van der Waals surface area contributed by atoms with Gasteiger partial charge in [-0.1, -0.05) is 24.8 Å². The Labute approximate surface area is 106 Å². The highest BCUT2D eigenvalue weighted by Gasteiger charge is 2.36. The van der Waals surface area contributed by atoms with Crippen molar-refractivity contribution in [1.82, 2.24) is 0 Å². The van der Waals surface area contributed by atoms with Gasteiger partial charge in [-0.25, -0.2) is 16.8 Å². The zero-order valence-electron chi connectivity index (χ0n) is 9.57. The number of rotatable bonds is 4. The maximum absolute atomic E-state index is 12.0. The van der Waals surface area contributed by atoms with E-state index >= 15 is 0 Å². The van der Waals surface area contributed by atoms with Crippen LogP contribution in [0.1, 0.15) is 5.56 Å². The van der Waals surface area contributed by atoms with Crippen LogP contribution < -0.4 is 0 Å². The number of hydrogen-bond acceptors (Lipinski definition) is 5. The van der Waals surface area contributed by atoms with Crippen molar-refractivity contribution < 1.29 is 16.8 Å². The largest absolute Gasteiger partial charge is 0.252 e. The van der Waals surface area contributed by atoms with Crippen LogP contribution in [-0.2, 0) is 19.7 Å².